The van der Waals surface area contributed by atoms with Crippen LogP contribution in [0.2, 0.25) is 0 Å². The maximum atomic E-state index is 12.6. The number of hydrogen-bond acceptors (Lipinski definition) is 6. The molecule has 1 aliphatic rings. The van der Waals surface area contributed by atoms with Crippen molar-refractivity contribution in [1.82, 2.24) is 4.90 Å². The Morgan fingerprint density at radius 3 is 2.61 bits per heavy atom. The average Bonchev–Trinajstić information content (AvgIpc) is 2.91. The number of benzene rings is 1. The maximum Gasteiger partial charge on any atom is 0.416 e. The lowest BCUT2D eigenvalue weighted by atomic mass is 9.82. The molecule has 0 unspecified atom stereocenters. The number of ether oxygens (including phenoxy) is 1. The first-order chi connectivity index (χ1) is 10.9. The third-order valence-corrected chi connectivity index (χ3v) is 5.56. The number of amides is 1. The third kappa shape index (κ3) is 3.41. The molecule has 0 radical (unpaired) electrons. The summed E-state index contributed by atoms with van der Waals surface area (Å²) in [5.74, 6) is 0.104. The minimum atomic E-state index is -1.02. The number of nitrogens with zero attached hydrogens (tertiary/aromatic N) is 1. The molecule has 0 aromatic heterocycles. The van der Waals surface area contributed by atoms with Gasteiger partial charge in [-0.2, -0.15) is 0 Å². The van der Waals surface area contributed by atoms with E-state index in [1.54, 1.807) is 0 Å². The summed E-state index contributed by atoms with van der Waals surface area (Å²) in [4.78, 5) is 26.4. The van der Waals surface area contributed by atoms with Gasteiger partial charge in [0.2, 0.25) is 0 Å². The van der Waals surface area contributed by atoms with Crippen LogP contribution in [0.3, 0.4) is 0 Å². The number of ketones is 1. The molecule has 1 aliphatic heterocycles. The molecule has 23 heavy (non-hydrogen) atoms. The Balaban J connectivity index is 2.21. The van der Waals surface area contributed by atoms with E-state index in [0.29, 0.717) is 10.1 Å². The van der Waals surface area contributed by atoms with Gasteiger partial charge in [0, 0.05) is 5.75 Å². The predicted octanol–water partition coefficient (Wildman–Crippen LogP) is 2.58. The zero-order valence-electron chi connectivity index (χ0n) is 13.2. The maximum absolute atomic E-state index is 12.6. The quantitative estimate of drug-likeness (QED) is 0.821. The lowest BCUT2D eigenvalue weighted by Gasteiger charge is -2.38. The van der Waals surface area contributed by atoms with Gasteiger partial charge in [0.25, 0.3) is 0 Å². The molecule has 124 valence electrons. The molecule has 1 fully saturated rings. The molecule has 1 saturated heterocycles. The molecule has 1 amide bonds. The van der Waals surface area contributed by atoms with Crippen LogP contribution in [0.5, 0.6) is 0 Å². The van der Waals surface area contributed by atoms with Gasteiger partial charge < -0.3 is 10.5 Å². The molecule has 5 nitrogen and oxygen atoms in total. The number of rotatable bonds is 5. The predicted molar refractivity (Wildman–Crippen MR) is 95.2 cm³/mol. The van der Waals surface area contributed by atoms with Crippen molar-refractivity contribution in [2.45, 2.75) is 26.0 Å². The van der Waals surface area contributed by atoms with Gasteiger partial charge in [0.05, 0.1) is 6.54 Å². The molecular formula is C16H20N2O3S2. The highest BCUT2D eigenvalue weighted by Gasteiger charge is 2.54. The number of carbonyl (C=O) groups excluding carboxylic acids is 2. The molecule has 0 spiro atoms. The van der Waals surface area contributed by atoms with Crippen molar-refractivity contribution in [3.63, 3.8) is 0 Å². The summed E-state index contributed by atoms with van der Waals surface area (Å²) >= 11 is 6.59. The lowest BCUT2D eigenvalue weighted by Crippen LogP contribution is -2.60. The smallest absolute Gasteiger partial charge is 0.416 e. The topological polar surface area (TPSA) is 72.6 Å². The van der Waals surface area contributed by atoms with Crippen LogP contribution >= 0.6 is 24.0 Å². The normalized spacial score (nSPS) is 20.9. The van der Waals surface area contributed by atoms with E-state index in [-0.39, 0.29) is 24.9 Å². The molecule has 0 aliphatic carbocycles. The summed E-state index contributed by atoms with van der Waals surface area (Å²) in [6.07, 6.45) is -0.598. The molecule has 0 bridgehead atoms. The third-order valence-electron chi connectivity index (χ3n) is 4.01. The summed E-state index contributed by atoms with van der Waals surface area (Å²) in [5, 5.41) is 0. The first-order valence-corrected chi connectivity index (χ1v) is 8.74. The van der Waals surface area contributed by atoms with E-state index in [0.717, 1.165) is 5.56 Å². The Morgan fingerprint density at radius 1 is 1.39 bits per heavy atom. The fourth-order valence-corrected chi connectivity index (χ4v) is 4.36. The fourth-order valence-electron chi connectivity index (χ4n) is 2.61. The molecule has 1 aromatic rings. The number of Topliss-reactive ketones (excluding diaryl/α,β-unsaturated/α-hetero) is 1. The summed E-state index contributed by atoms with van der Waals surface area (Å²) < 4.78 is 5.74. The fraction of sp³-hybridized carbons (Fsp3) is 0.438. The number of thioether (sulfide) groups is 1. The zero-order chi connectivity index (χ0) is 17.0. The van der Waals surface area contributed by atoms with E-state index in [1.807, 2.05) is 44.2 Å². The number of thiocarbonyl (C=S) groups is 1. The Hall–Kier alpha value is -1.44. The van der Waals surface area contributed by atoms with E-state index in [2.05, 4.69) is 0 Å². The van der Waals surface area contributed by atoms with Gasteiger partial charge in [0.15, 0.2) is 5.78 Å². The van der Waals surface area contributed by atoms with Gasteiger partial charge in [-0.1, -0.05) is 68.2 Å². The second-order valence-electron chi connectivity index (χ2n) is 5.64. The van der Waals surface area contributed by atoms with Gasteiger partial charge in [-0.05, 0) is 11.5 Å². The van der Waals surface area contributed by atoms with Crippen molar-refractivity contribution in [1.29, 1.82) is 0 Å². The van der Waals surface area contributed by atoms with Crippen LogP contribution in [-0.2, 0) is 16.1 Å². The minimum absolute atomic E-state index is 0.115. The second-order valence-corrected chi connectivity index (χ2v) is 7.25. The van der Waals surface area contributed by atoms with E-state index in [4.69, 9.17) is 22.7 Å². The Morgan fingerprint density at radius 2 is 2.04 bits per heavy atom. The van der Waals surface area contributed by atoms with Crippen LogP contribution in [0.1, 0.15) is 19.4 Å². The zero-order valence-corrected chi connectivity index (χ0v) is 14.8. The monoisotopic (exact) mass is 352 g/mol. The van der Waals surface area contributed by atoms with Gasteiger partial charge in [-0.3, -0.25) is 4.79 Å². The highest BCUT2D eigenvalue weighted by atomic mass is 32.2. The Bertz CT molecular complexity index is 607. The van der Waals surface area contributed by atoms with E-state index in [9.17, 15) is 9.59 Å². The summed E-state index contributed by atoms with van der Waals surface area (Å²) in [5.41, 5.74) is 5.42. The van der Waals surface area contributed by atoms with Crippen molar-refractivity contribution in [3.05, 3.63) is 35.9 Å². The molecule has 1 heterocycles. The minimum Gasteiger partial charge on any atom is -0.444 e. The SMILES string of the molecule is CC(C)[C@]1(C(=O)CN)CSC(=S)N1C(=O)OCc1ccccc1. The van der Waals surface area contributed by atoms with Crippen molar-refractivity contribution in [2.24, 2.45) is 11.7 Å². The highest BCUT2D eigenvalue weighted by molar-refractivity contribution is 8.23. The average molecular weight is 352 g/mol. The molecule has 7 heteroatoms. The summed E-state index contributed by atoms with van der Waals surface area (Å²) in [6, 6.07) is 9.36. The molecule has 2 rings (SSSR count). The van der Waals surface area contributed by atoms with Crippen LogP contribution in [0.15, 0.2) is 30.3 Å². The van der Waals surface area contributed by atoms with Crippen LogP contribution < -0.4 is 5.73 Å². The van der Waals surface area contributed by atoms with Gasteiger partial charge >= 0.3 is 6.09 Å². The Labute approximate surface area is 145 Å². The number of carbonyl (C=O) groups is 2. The highest BCUT2D eigenvalue weighted by Crippen LogP contribution is 2.40. The summed E-state index contributed by atoms with van der Waals surface area (Å²) in [6.45, 7) is 3.78. The number of nitrogens with two attached hydrogens (primary N) is 1. The van der Waals surface area contributed by atoms with Crippen LogP contribution in [0.25, 0.3) is 0 Å². The molecule has 1 aromatic carbocycles. The second kappa shape index (κ2) is 7.42. The Kier molecular flexibility index (Phi) is 5.78. The standard InChI is InChI=1S/C16H20N2O3S2/c1-11(2)16(13(19)8-17)10-23-15(22)18(16)14(20)21-9-12-6-4-3-5-7-12/h3-7,11H,8-10,17H2,1-2H3/t16-/m0/s1. The van der Waals surface area contributed by atoms with E-state index in [1.165, 1.54) is 16.7 Å². The lowest BCUT2D eigenvalue weighted by molar-refractivity contribution is -0.127. The van der Waals surface area contributed by atoms with Gasteiger partial charge in [-0.25, -0.2) is 9.69 Å². The molecule has 1 atom stereocenters. The van der Waals surface area contributed by atoms with Gasteiger partial charge in [0.1, 0.15) is 16.5 Å². The van der Waals surface area contributed by atoms with Crippen LogP contribution in [0.4, 0.5) is 4.79 Å². The van der Waals surface area contributed by atoms with E-state index < -0.39 is 11.6 Å². The van der Waals surface area contributed by atoms with Crippen LogP contribution in [-0.4, -0.2) is 38.9 Å². The first-order valence-electron chi connectivity index (χ1n) is 7.34. The summed E-state index contributed by atoms with van der Waals surface area (Å²) in [7, 11) is 0. The van der Waals surface area contributed by atoms with Crippen molar-refractivity contribution in [3.8, 4) is 0 Å². The number of hydrogen-bond donors (Lipinski definition) is 1. The molecule has 2 N–H and O–H groups in total. The van der Waals surface area contributed by atoms with Crippen LogP contribution in [0, 0.1) is 5.92 Å². The van der Waals surface area contributed by atoms with Crippen molar-refractivity contribution in [2.75, 3.05) is 12.3 Å². The first kappa shape index (κ1) is 17.9. The largest absolute Gasteiger partial charge is 0.444 e. The van der Waals surface area contributed by atoms with E-state index >= 15 is 0 Å². The van der Waals surface area contributed by atoms with Gasteiger partial charge in [-0.15, -0.1) is 0 Å². The van der Waals surface area contributed by atoms with Crippen molar-refractivity contribution < 1.29 is 14.3 Å². The molecule has 0 saturated carbocycles. The molecular weight excluding hydrogens is 332 g/mol. The van der Waals surface area contributed by atoms with Crippen molar-refractivity contribution >= 4 is 40.2 Å².